The topological polar surface area (TPSA) is 25.8 Å². The molecule has 2 aliphatic rings. The first-order valence-corrected chi connectivity index (χ1v) is 16.3. The number of hydrogen-bond acceptors (Lipinski definition) is 2. The summed E-state index contributed by atoms with van der Waals surface area (Å²) in [5.41, 5.74) is 21.0. The van der Waals surface area contributed by atoms with Crippen LogP contribution in [0.1, 0.15) is 61.1 Å². The van der Waals surface area contributed by atoms with Crippen LogP contribution in [0.4, 0.5) is 0 Å². The molecule has 0 saturated heterocycles. The van der Waals surface area contributed by atoms with Crippen molar-refractivity contribution < 1.29 is 0 Å². The molecule has 5 aromatic carbocycles. The Hall–Kier alpha value is -5.08. The average Bonchev–Trinajstić information content (AvgIpc) is 3.45. The molecular weight excluding hydrogens is 556 g/mol. The third-order valence-corrected chi connectivity index (χ3v) is 11.2. The third kappa shape index (κ3) is 3.47. The van der Waals surface area contributed by atoms with Gasteiger partial charge < -0.3 is 0 Å². The Kier molecular flexibility index (Phi) is 5.47. The molecule has 2 aliphatic carbocycles. The highest BCUT2D eigenvalue weighted by molar-refractivity contribution is 6.00. The van der Waals surface area contributed by atoms with Crippen molar-refractivity contribution in [2.75, 3.05) is 0 Å². The van der Waals surface area contributed by atoms with Crippen LogP contribution in [0.25, 0.3) is 66.3 Å². The molecule has 0 unspecified atom stereocenters. The fourth-order valence-corrected chi connectivity index (χ4v) is 8.80. The van der Waals surface area contributed by atoms with Crippen molar-refractivity contribution in [1.29, 1.82) is 0 Å². The quantitative estimate of drug-likeness (QED) is 0.200. The molecule has 0 spiro atoms. The largest absolute Gasteiger partial charge is 0.256 e. The normalized spacial score (nSPS) is 15.1. The lowest BCUT2D eigenvalue weighted by atomic mass is 9.71. The summed E-state index contributed by atoms with van der Waals surface area (Å²) >= 11 is 0. The Morgan fingerprint density at radius 3 is 1.33 bits per heavy atom. The molecule has 7 aromatic rings. The summed E-state index contributed by atoms with van der Waals surface area (Å²) in [5.74, 6) is 0. The first kappa shape index (κ1) is 27.2. The third-order valence-electron chi connectivity index (χ3n) is 11.2. The van der Waals surface area contributed by atoms with E-state index in [-0.39, 0.29) is 10.8 Å². The van der Waals surface area contributed by atoms with Gasteiger partial charge in [0.25, 0.3) is 0 Å². The van der Waals surface area contributed by atoms with Crippen LogP contribution in [-0.2, 0) is 10.8 Å². The maximum Gasteiger partial charge on any atom is 0.0708 e. The van der Waals surface area contributed by atoms with Crippen molar-refractivity contribution in [3.63, 3.8) is 0 Å². The summed E-state index contributed by atoms with van der Waals surface area (Å²) in [6.07, 6.45) is 3.75. The Bertz CT molecular complexity index is 2260. The van der Waals surface area contributed by atoms with E-state index in [1.165, 1.54) is 88.7 Å². The van der Waals surface area contributed by atoms with E-state index in [1.54, 1.807) is 0 Å². The molecule has 2 aromatic heterocycles. The zero-order valence-electron chi connectivity index (χ0n) is 27.3. The van der Waals surface area contributed by atoms with Crippen molar-refractivity contribution in [3.05, 3.63) is 143 Å². The van der Waals surface area contributed by atoms with Crippen LogP contribution < -0.4 is 0 Å². The van der Waals surface area contributed by atoms with Crippen LogP contribution >= 0.6 is 0 Å². The highest BCUT2D eigenvalue weighted by Crippen LogP contribution is 2.61. The number of nitrogens with zero attached hydrogens (tertiary/aromatic N) is 2. The van der Waals surface area contributed by atoms with Gasteiger partial charge in [-0.15, -0.1) is 0 Å². The van der Waals surface area contributed by atoms with Crippen LogP contribution in [0, 0.1) is 13.8 Å². The van der Waals surface area contributed by atoms with Crippen molar-refractivity contribution in [2.45, 2.75) is 52.4 Å². The summed E-state index contributed by atoms with van der Waals surface area (Å²) in [7, 11) is 0. The molecule has 9 rings (SSSR count). The molecule has 0 fully saturated rings. The van der Waals surface area contributed by atoms with Gasteiger partial charge in [-0.2, -0.15) is 0 Å². The molecule has 0 saturated carbocycles. The van der Waals surface area contributed by atoms with E-state index in [2.05, 4.69) is 136 Å². The Labute approximate surface area is 270 Å². The van der Waals surface area contributed by atoms with Gasteiger partial charge in [-0.25, -0.2) is 0 Å². The van der Waals surface area contributed by atoms with Gasteiger partial charge in [0.15, 0.2) is 0 Å². The van der Waals surface area contributed by atoms with E-state index in [1.807, 2.05) is 24.5 Å². The van der Waals surface area contributed by atoms with Crippen LogP contribution in [0.3, 0.4) is 0 Å². The van der Waals surface area contributed by atoms with Crippen LogP contribution in [-0.4, -0.2) is 9.97 Å². The lowest BCUT2D eigenvalue weighted by molar-refractivity contribution is 0.601. The Morgan fingerprint density at radius 1 is 0.457 bits per heavy atom. The second-order valence-corrected chi connectivity index (χ2v) is 14.3. The molecule has 0 N–H and O–H groups in total. The Balaban J connectivity index is 1.25. The Morgan fingerprint density at radius 2 is 0.891 bits per heavy atom. The summed E-state index contributed by atoms with van der Waals surface area (Å²) in [4.78, 5) is 9.27. The summed E-state index contributed by atoms with van der Waals surface area (Å²) in [6.45, 7) is 14.4. The van der Waals surface area contributed by atoms with Crippen molar-refractivity contribution in [3.8, 4) is 44.5 Å². The zero-order valence-corrected chi connectivity index (χ0v) is 27.3. The number of fused-ring (bicyclic) bond motifs is 9. The lowest BCUT2D eigenvalue weighted by Crippen LogP contribution is -2.24. The van der Waals surface area contributed by atoms with Crippen LogP contribution in [0.15, 0.2) is 109 Å². The van der Waals surface area contributed by atoms with Gasteiger partial charge in [0.1, 0.15) is 0 Å². The molecule has 0 atom stereocenters. The first-order chi connectivity index (χ1) is 22.2. The molecule has 0 radical (unpaired) electrons. The van der Waals surface area contributed by atoms with Gasteiger partial charge in [-0.05, 0) is 128 Å². The van der Waals surface area contributed by atoms with Gasteiger partial charge in [0.05, 0.1) is 11.0 Å². The number of benzene rings is 5. The van der Waals surface area contributed by atoms with E-state index in [0.29, 0.717) is 0 Å². The minimum Gasteiger partial charge on any atom is -0.256 e. The average molecular weight is 593 g/mol. The molecule has 2 heterocycles. The smallest absolute Gasteiger partial charge is 0.0708 e. The molecule has 222 valence electrons. The minimum atomic E-state index is -0.157. The summed E-state index contributed by atoms with van der Waals surface area (Å²) in [6, 6.07) is 35.7. The van der Waals surface area contributed by atoms with Gasteiger partial charge in [0.2, 0.25) is 0 Å². The standard InChI is InChI=1S/C44H36N2/c1-25-26(2)40-34-20-18-28(30-12-8-16-38-32(30)14-10-22-46-38)24-36(34)44(5,6)42(40)41-39(25)33-19-17-27(23-35(33)43(41,3)4)29-11-7-15-37-31(29)13-9-21-45-37/h7-24H,1-6H3. The number of hydrogen-bond donors (Lipinski definition) is 0. The second kappa shape index (κ2) is 9.23. The number of aromatic nitrogens is 2. The van der Waals surface area contributed by atoms with Crippen LogP contribution in [0.5, 0.6) is 0 Å². The summed E-state index contributed by atoms with van der Waals surface area (Å²) in [5, 5.41) is 2.39. The predicted octanol–water partition coefficient (Wildman–Crippen LogP) is 11.3. The second-order valence-electron chi connectivity index (χ2n) is 14.3. The molecule has 2 nitrogen and oxygen atoms in total. The molecule has 0 aliphatic heterocycles. The van der Waals surface area contributed by atoms with E-state index < -0.39 is 0 Å². The number of rotatable bonds is 2. The fourth-order valence-electron chi connectivity index (χ4n) is 8.80. The fraction of sp³-hybridized carbons (Fsp3) is 0.182. The molecule has 0 bridgehead atoms. The van der Waals surface area contributed by atoms with E-state index >= 15 is 0 Å². The molecule has 0 amide bonds. The minimum absolute atomic E-state index is 0.157. The van der Waals surface area contributed by atoms with Crippen LogP contribution in [0.2, 0.25) is 0 Å². The van der Waals surface area contributed by atoms with Crippen molar-refractivity contribution in [2.24, 2.45) is 0 Å². The monoisotopic (exact) mass is 592 g/mol. The zero-order chi connectivity index (χ0) is 31.5. The van der Waals surface area contributed by atoms with Gasteiger partial charge in [-0.3, -0.25) is 9.97 Å². The predicted molar refractivity (Wildman–Crippen MR) is 193 cm³/mol. The maximum atomic E-state index is 4.63. The van der Waals surface area contributed by atoms with E-state index in [9.17, 15) is 0 Å². The molecule has 46 heavy (non-hydrogen) atoms. The SMILES string of the molecule is Cc1c(C)c2c(c3c1-c1ccc(-c4cccc5ncccc45)cc1C3(C)C)C(C)(C)c1cc(-c3cccc4ncccc34)ccc1-2. The molecule has 2 heteroatoms. The van der Waals surface area contributed by atoms with Crippen molar-refractivity contribution >= 4 is 21.8 Å². The number of pyridine rings is 2. The van der Waals surface area contributed by atoms with Gasteiger partial charge >= 0.3 is 0 Å². The highest BCUT2D eigenvalue weighted by Gasteiger charge is 2.47. The van der Waals surface area contributed by atoms with Gasteiger partial charge in [0, 0.05) is 34.0 Å². The highest BCUT2D eigenvalue weighted by atomic mass is 14.6. The maximum absolute atomic E-state index is 4.63. The molecular formula is C44H36N2. The van der Waals surface area contributed by atoms with E-state index in [4.69, 9.17) is 0 Å². The first-order valence-electron chi connectivity index (χ1n) is 16.3. The van der Waals surface area contributed by atoms with Gasteiger partial charge in [-0.1, -0.05) is 88.4 Å². The van der Waals surface area contributed by atoms with Crippen molar-refractivity contribution in [1.82, 2.24) is 9.97 Å². The van der Waals surface area contributed by atoms with E-state index in [0.717, 1.165) is 11.0 Å². The summed E-state index contributed by atoms with van der Waals surface area (Å²) < 4.78 is 0. The lowest BCUT2D eigenvalue weighted by Gasteiger charge is -2.32.